The number of ether oxygens (including phenoxy) is 2. The summed E-state index contributed by atoms with van der Waals surface area (Å²) < 4.78 is 11.6. The smallest absolute Gasteiger partial charge is 0.256 e. The Bertz CT molecular complexity index is 540. The summed E-state index contributed by atoms with van der Waals surface area (Å²) in [4.78, 5) is 15.0. The molecule has 0 aliphatic heterocycles. The molecular weight excluding hydrogens is 316 g/mol. The van der Waals surface area contributed by atoms with Crippen LogP contribution in [0.4, 0.5) is 5.69 Å². The molecule has 0 heterocycles. The average Bonchev–Trinajstić information content (AvgIpc) is 2.56. The lowest BCUT2D eigenvalue weighted by Gasteiger charge is -2.38. The third-order valence-corrected chi connectivity index (χ3v) is 4.71. The van der Waals surface area contributed by atoms with Gasteiger partial charge in [-0.2, -0.15) is 0 Å². The van der Waals surface area contributed by atoms with E-state index in [4.69, 9.17) is 9.47 Å². The van der Waals surface area contributed by atoms with Crippen LogP contribution in [-0.2, 0) is 9.53 Å². The van der Waals surface area contributed by atoms with Crippen LogP contribution in [0.25, 0.3) is 0 Å². The maximum absolute atomic E-state index is 12.9. The molecule has 1 N–H and O–H groups in total. The number of carbonyl (C=O) groups is 1. The van der Waals surface area contributed by atoms with Gasteiger partial charge >= 0.3 is 0 Å². The molecule has 1 fully saturated rings. The summed E-state index contributed by atoms with van der Waals surface area (Å²) in [6.45, 7) is 6.21. The molecule has 140 valence electrons. The molecule has 1 aliphatic carbocycles. The molecule has 25 heavy (non-hydrogen) atoms. The SMILES string of the molecule is CCO[C@@]1(C(=O)Nc2ccc(OCCN(C)C)cc2)CCC[C@H](C)C1. The second kappa shape index (κ2) is 9.20. The van der Waals surface area contributed by atoms with Gasteiger partial charge in [-0.05, 0) is 70.5 Å². The third kappa shape index (κ3) is 5.72. The Labute approximate surface area is 151 Å². The Balaban J connectivity index is 1.96. The molecule has 1 amide bonds. The fourth-order valence-corrected chi connectivity index (χ4v) is 3.41. The number of nitrogens with zero attached hydrogens (tertiary/aromatic N) is 1. The van der Waals surface area contributed by atoms with Crippen molar-refractivity contribution in [3.63, 3.8) is 0 Å². The van der Waals surface area contributed by atoms with Gasteiger partial charge in [-0.1, -0.05) is 13.3 Å². The Morgan fingerprint density at radius 1 is 1.32 bits per heavy atom. The molecule has 0 unspecified atom stereocenters. The molecule has 0 saturated heterocycles. The summed E-state index contributed by atoms with van der Waals surface area (Å²) in [6, 6.07) is 7.55. The first-order chi connectivity index (χ1) is 11.9. The summed E-state index contributed by atoms with van der Waals surface area (Å²) in [7, 11) is 4.03. The fourth-order valence-electron chi connectivity index (χ4n) is 3.41. The van der Waals surface area contributed by atoms with Crippen LogP contribution in [0.1, 0.15) is 39.5 Å². The zero-order valence-electron chi connectivity index (χ0n) is 16.0. The van der Waals surface area contributed by atoms with E-state index in [1.54, 1.807) is 0 Å². The van der Waals surface area contributed by atoms with Crippen molar-refractivity contribution >= 4 is 11.6 Å². The maximum Gasteiger partial charge on any atom is 0.256 e. The molecule has 1 aromatic rings. The van der Waals surface area contributed by atoms with E-state index >= 15 is 0 Å². The highest BCUT2D eigenvalue weighted by Gasteiger charge is 2.42. The Morgan fingerprint density at radius 2 is 2.04 bits per heavy atom. The molecule has 0 spiro atoms. The number of amides is 1. The average molecular weight is 348 g/mol. The summed E-state index contributed by atoms with van der Waals surface area (Å²) in [5, 5.41) is 3.03. The van der Waals surface area contributed by atoms with Crippen molar-refractivity contribution in [1.29, 1.82) is 0 Å². The predicted octanol–water partition coefficient (Wildman–Crippen LogP) is 3.55. The molecule has 1 aromatic carbocycles. The molecule has 2 atom stereocenters. The lowest BCUT2D eigenvalue weighted by molar-refractivity contribution is -0.147. The van der Waals surface area contributed by atoms with Crippen molar-refractivity contribution in [3.05, 3.63) is 24.3 Å². The quantitative estimate of drug-likeness (QED) is 0.780. The minimum atomic E-state index is -0.687. The van der Waals surface area contributed by atoms with Gasteiger partial charge in [0.05, 0.1) is 0 Å². The molecule has 1 aliphatic rings. The number of anilines is 1. The fraction of sp³-hybridized carbons (Fsp3) is 0.650. The molecule has 5 nitrogen and oxygen atoms in total. The van der Waals surface area contributed by atoms with E-state index in [2.05, 4.69) is 17.1 Å². The Hall–Kier alpha value is -1.59. The van der Waals surface area contributed by atoms with E-state index in [1.165, 1.54) is 6.42 Å². The van der Waals surface area contributed by atoms with E-state index in [9.17, 15) is 4.79 Å². The number of hydrogen-bond acceptors (Lipinski definition) is 4. The van der Waals surface area contributed by atoms with Crippen LogP contribution in [-0.4, -0.2) is 50.3 Å². The lowest BCUT2D eigenvalue weighted by atomic mass is 9.78. The van der Waals surface area contributed by atoms with Crippen LogP contribution in [0.2, 0.25) is 0 Å². The van der Waals surface area contributed by atoms with E-state index < -0.39 is 5.60 Å². The highest BCUT2D eigenvalue weighted by atomic mass is 16.5. The summed E-state index contributed by atoms with van der Waals surface area (Å²) >= 11 is 0. The molecular formula is C20H32N2O3. The van der Waals surface area contributed by atoms with Crippen LogP contribution in [0.5, 0.6) is 5.75 Å². The van der Waals surface area contributed by atoms with Gasteiger partial charge in [-0.15, -0.1) is 0 Å². The molecule has 2 rings (SSSR count). The molecule has 0 aromatic heterocycles. The minimum absolute atomic E-state index is 0.0258. The number of likely N-dealkylation sites (N-methyl/N-ethyl adjacent to an activating group) is 1. The van der Waals surface area contributed by atoms with E-state index in [0.717, 1.165) is 37.2 Å². The Kier molecular flexibility index (Phi) is 7.26. The van der Waals surface area contributed by atoms with Gasteiger partial charge in [0.2, 0.25) is 0 Å². The number of benzene rings is 1. The third-order valence-electron chi connectivity index (χ3n) is 4.71. The van der Waals surface area contributed by atoms with Gasteiger partial charge in [0.1, 0.15) is 18.0 Å². The van der Waals surface area contributed by atoms with E-state index in [-0.39, 0.29) is 5.91 Å². The number of hydrogen-bond donors (Lipinski definition) is 1. The van der Waals surface area contributed by atoms with Crippen LogP contribution < -0.4 is 10.1 Å². The highest BCUT2D eigenvalue weighted by molar-refractivity contribution is 5.97. The summed E-state index contributed by atoms with van der Waals surface area (Å²) in [6.07, 6.45) is 3.79. The van der Waals surface area contributed by atoms with Gasteiger partial charge in [0.25, 0.3) is 5.91 Å². The first kappa shape index (κ1) is 19.7. The number of nitrogens with one attached hydrogen (secondary N) is 1. The normalized spacial score (nSPS) is 23.5. The second-order valence-electron chi connectivity index (χ2n) is 7.26. The first-order valence-electron chi connectivity index (χ1n) is 9.28. The zero-order chi connectivity index (χ0) is 18.3. The molecule has 1 saturated carbocycles. The van der Waals surface area contributed by atoms with Gasteiger partial charge in [0.15, 0.2) is 0 Å². The van der Waals surface area contributed by atoms with Crippen molar-refractivity contribution in [1.82, 2.24) is 4.90 Å². The summed E-state index contributed by atoms with van der Waals surface area (Å²) in [5.74, 6) is 1.30. The standard InChI is InChI=1S/C20H32N2O3/c1-5-25-20(12-6-7-16(2)15-20)19(23)21-17-8-10-18(11-9-17)24-14-13-22(3)4/h8-11,16H,5-7,12-15H2,1-4H3,(H,21,23)/t16-,20-/m0/s1. The van der Waals surface area contributed by atoms with Crippen LogP contribution in [0.3, 0.4) is 0 Å². The van der Waals surface area contributed by atoms with Crippen LogP contribution >= 0.6 is 0 Å². The molecule has 0 radical (unpaired) electrons. The lowest BCUT2D eigenvalue weighted by Crippen LogP contribution is -2.48. The van der Waals surface area contributed by atoms with Gasteiger partial charge < -0.3 is 19.7 Å². The van der Waals surface area contributed by atoms with Crippen molar-refractivity contribution in [2.75, 3.05) is 39.2 Å². The predicted molar refractivity (Wildman–Crippen MR) is 101 cm³/mol. The topological polar surface area (TPSA) is 50.8 Å². The van der Waals surface area contributed by atoms with E-state index in [1.807, 2.05) is 45.3 Å². The zero-order valence-corrected chi connectivity index (χ0v) is 16.0. The van der Waals surface area contributed by atoms with Gasteiger partial charge in [-0.3, -0.25) is 4.79 Å². The monoisotopic (exact) mass is 348 g/mol. The Morgan fingerprint density at radius 3 is 2.64 bits per heavy atom. The largest absolute Gasteiger partial charge is 0.492 e. The first-order valence-corrected chi connectivity index (χ1v) is 9.28. The highest BCUT2D eigenvalue weighted by Crippen LogP contribution is 2.36. The van der Waals surface area contributed by atoms with Crippen LogP contribution in [0.15, 0.2) is 24.3 Å². The minimum Gasteiger partial charge on any atom is -0.492 e. The second-order valence-corrected chi connectivity index (χ2v) is 7.26. The number of carbonyl (C=O) groups excluding carboxylic acids is 1. The van der Waals surface area contributed by atoms with Gasteiger partial charge in [-0.25, -0.2) is 0 Å². The van der Waals surface area contributed by atoms with Crippen LogP contribution in [0, 0.1) is 5.92 Å². The number of rotatable bonds is 8. The molecule has 0 bridgehead atoms. The molecule has 5 heteroatoms. The van der Waals surface area contributed by atoms with E-state index in [0.29, 0.717) is 19.1 Å². The van der Waals surface area contributed by atoms with Crippen molar-refractivity contribution in [2.45, 2.75) is 45.1 Å². The summed E-state index contributed by atoms with van der Waals surface area (Å²) in [5.41, 5.74) is 0.0927. The van der Waals surface area contributed by atoms with Crippen molar-refractivity contribution < 1.29 is 14.3 Å². The maximum atomic E-state index is 12.9. The van der Waals surface area contributed by atoms with Crippen molar-refractivity contribution in [2.24, 2.45) is 5.92 Å². The van der Waals surface area contributed by atoms with Gasteiger partial charge in [0, 0.05) is 18.8 Å². The van der Waals surface area contributed by atoms with Crippen molar-refractivity contribution in [3.8, 4) is 5.75 Å².